The Bertz CT molecular complexity index is 767. The summed E-state index contributed by atoms with van der Waals surface area (Å²) in [4.78, 5) is 11.8. The highest BCUT2D eigenvalue weighted by molar-refractivity contribution is 9.11. The Morgan fingerprint density at radius 2 is 1.67 bits per heavy atom. The van der Waals surface area contributed by atoms with Crippen molar-refractivity contribution in [3.8, 4) is 5.75 Å². The molecule has 2 N–H and O–H groups in total. The quantitative estimate of drug-likeness (QED) is 0.509. The second-order valence-electron chi connectivity index (χ2n) is 4.61. The smallest absolute Gasteiger partial charge is 0.416 e. The fourth-order valence-electron chi connectivity index (χ4n) is 1.70. The molecule has 0 atom stereocenters. The van der Waals surface area contributed by atoms with Crippen molar-refractivity contribution in [2.75, 3.05) is 0 Å². The first-order valence-electron chi connectivity index (χ1n) is 6.37. The monoisotopic (exact) mass is 464 g/mol. The molecule has 2 aromatic carbocycles. The van der Waals surface area contributed by atoms with Crippen LogP contribution in [0.2, 0.25) is 0 Å². The number of nitrogens with one attached hydrogen (secondary N) is 1. The molecule has 0 aliphatic rings. The van der Waals surface area contributed by atoms with E-state index in [1.807, 2.05) is 0 Å². The minimum atomic E-state index is -4.45. The van der Waals surface area contributed by atoms with E-state index in [1.54, 1.807) is 12.1 Å². The average Bonchev–Trinajstić information content (AvgIpc) is 2.51. The summed E-state index contributed by atoms with van der Waals surface area (Å²) in [6, 6.07) is 6.95. The van der Waals surface area contributed by atoms with Crippen LogP contribution < -0.4 is 5.43 Å². The highest BCUT2D eigenvalue weighted by Gasteiger charge is 2.30. The number of alkyl halides is 3. The SMILES string of the molecule is O=C(NN=Cc1cc(Br)c(O)c(Br)c1)c1ccc(C(F)(F)F)cc1. The Balaban J connectivity index is 2.05. The maximum absolute atomic E-state index is 12.5. The molecule has 0 bridgehead atoms. The molecule has 0 saturated carbocycles. The Morgan fingerprint density at radius 3 is 2.17 bits per heavy atom. The molecule has 2 aromatic rings. The molecule has 0 spiro atoms. The number of phenols is 1. The van der Waals surface area contributed by atoms with Gasteiger partial charge in [0.2, 0.25) is 0 Å². The molecule has 0 saturated heterocycles. The maximum Gasteiger partial charge on any atom is 0.416 e. The topological polar surface area (TPSA) is 61.7 Å². The molecule has 126 valence electrons. The lowest BCUT2D eigenvalue weighted by Crippen LogP contribution is -2.18. The van der Waals surface area contributed by atoms with E-state index in [9.17, 15) is 23.1 Å². The molecule has 24 heavy (non-hydrogen) atoms. The number of halogens is 5. The van der Waals surface area contributed by atoms with E-state index < -0.39 is 17.6 Å². The zero-order valence-corrected chi connectivity index (χ0v) is 14.9. The predicted octanol–water partition coefficient (Wildman–Crippen LogP) is 4.70. The van der Waals surface area contributed by atoms with Gasteiger partial charge >= 0.3 is 6.18 Å². The van der Waals surface area contributed by atoms with Crippen molar-refractivity contribution in [2.45, 2.75) is 6.18 Å². The van der Waals surface area contributed by atoms with Crippen LogP contribution in [0.1, 0.15) is 21.5 Å². The summed E-state index contributed by atoms with van der Waals surface area (Å²) in [5.74, 6) is -0.613. The van der Waals surface area contributed by atoms with Crippen LogP contribution >= 0.6 is 31.9 Å². The van der Waals surface area contributed by atoms with Gasteiger partial charge in [-0.05, 0) is 73.8 Å². The molecule has 2 rings (SSSR count). The number of hydrogen-bond donors (Lipinski definition) is 2. The molecule has 0 fully saturated rings. The third-order valence-electron chi connectivity index (χ3n) is 2.89. The Kier molecular flexibility index (Phi) is 5.66. The van der Waals surface area contributed by atoms with Crippen molar-refractivity contribution >= 4 is 44.0 Å². The predicted molar refractivity (Wildman–Crippen MR) is 90.0 cm³/mol. The largest absolute Gasteiger partial charge is 0.506 e. The van der Waals surface area contributed by atoms with E-state index in [4.69, 9.17) is 0 Å². The number of carbonyl (C=O) groups is 1. The highest BCUT2D eigenvalue weighted by atomic mass is 79.9. The molecule has 0 radical (unpaired) electrons. The zero-order valence-electron chi connectivity index (χ0n) is 11.7. The minimum Gasteiger partial charge on any atom is -0.506 e. The van der Waals surface area contributed by atoms with Crippen molar-refractivity contribution in [1.82, 2.24) is 5.43 Å². The molecule has 0 unspecified atom stereocenters. The van der Waals surface area contributed by atoms with Crippen LogP contribution in [-0.2, 0) is 6.18 Å². The van der Waals surface area contributed by atoms with Gasteiger partial charge in [-0.15, -0.1) is 0 Å². The number of hydrazone groups is 1. The van der Waals surface area contributed by atoms with E-state index in [1.165, 1.54) is 6.21 Å². The molecule has 9 heteroatoms. The first-order valence-corrected chi connectivity index (χ1v) is 7.96. The molecule has 0 aliphatic carbocycles. The first-order chi connectivity index (χ1) is 11.2. The summed E-state index contributed by atoms with van der Waals surface area (Å²) < 4.78 is 38.2. The van der Waals surface area contributed by atoms with E-state index in [0.717, 1.165) is 24.3 Å². The van der Waals surface area contributed by atoms with Crippen molar-refractivity contribution in [3.05, 3.63) is 62.0 Å². The third kappa shape index (κ3) is 4.57. The molecular weight excluding hydrogens is 457 g/mol. The van der Waals surface area contributed by atoms with Gasteiger partial charge in [0.25, 0.3) is 5.91 Å². The second kappa shape index (κ2) is 7.35. The van der Waals surface area contributed by atoms with Crippen molar-refractivity contribution in [1.29, 1.82) is 0 Å². The Labute approximate surface area is 151 Å². The van der Waals surface area contributed by atoms with Crippen LogP contribution in [-0.4, -0.2) is 17.2 Å². The number of hydrogen-bond acceptors (Lipinski definition) is 3. The van der Waals surface area contributed by atoms with Gasteiger partial charge in [0.05, 0.1) is 20.7 Å². The van der Waals surface area contributed by atoms with Crippen molar-refractivity contribution < 1.29 is 23.1 Å². The van der Waals surface area contributed by atoms with Gasteiger partial charge in [-0.1, -0.05) is 0 Å². The summed E-state index contributed by atoms with van der Waals surface area (Å²) in [5, 5.41) is 13.3. The lowest BCUT2D eigenvalue weighted by molar-refractivity contribution is -0.137. The van der Waals surface area contributed by atoms with E-state index in [2.05, 4.69) is 42.4 Å². The number of aromatic hydroxyl groups is 1. The van der Waals surface area contributed by atoms with Crippen LogP contribution in [0.15, 0.2) is 50.4 Å². The van der Waals surface area contributed by atoms with Crippen LogP contribution in [0.3, 0.4) is 0 Å². The van der Waals surface area contributed by atoms with E-state index in [0.29, 0.717) is 14.5 Å². The number of rotatable bonds is 3. The summed E-state index contributed by atoms with van der Waals surface area (Å²) in [6.07, 6.45) is -3.12. The van der Waals surface area contributed by atoms with Crippen molar-refractivity contribution in [3.63, 3.8) is 0 Å². The van der Waals surface area contributed by atoms with Gasteiger partial charge in [0.15, 0.2) is 0 Å². The summed E-state index contributed by atoms with van der Waals surface area (Å²) in [7, 11) is 0. The third-order valence-corrected chi connectivity index (χ3v) is 4.10. The average molecular weight is 466 g/mol. The Hall–Kier alpha value is -1.87. The lowest BCUT2D eigenvalue weighted by atomic mass is 10.1. The molecule has 0 aliphatic heterocycles. The number of phenolic OH excluding ortho intramolecular Hbond substituents is 1. The van der Waals surface area contributed by atoms with Crippen molar-refractivity contribution in [2.24, 2.45) is 5.10 Å². The van der Waals surface area contributed by atoms with Crippen LogP contribution in [0, 0.1) is 0 Å². The fraction of sp³-hybridized carbons (Fsp3) is 0.0667. The summed E-state index contributed by atoms with van der Waals surface area (Å²) in [5.41, 5.74) is 2.02. The molecule has 0 heterocycles. The number of nitrogens with zero attached hydrogens (tertiary/aromatic N) is 1. The van der Waals surface area contributed by atoms with E-state index >= 15 is 0 Å². The van der Waals surface area contributed by atoms with Gasteiger partial charge in [-0.3, -0.25) is 4.79 Å². The van der Waals surface area contributed by atoms with Gasteiger partial charge in [0, 0.05) is 5.56 Å². The van der Waals surface area contributed by atoms with Crippen LogP contribution in [0.4, 0.5) is 13.2 Å². The van der Waals surface area contributed by atoms with Crippen LogP contribution in [0.5, 0.6) is 5.75 Å². The molecule has 1 amide bonds. The van der Waals surface area contributed by atoms with Crippen LogP contribution in [0.25, 0.3) is 0 Å². The van der Waals surface area contributed by atoms with Gasteiger partial charge in [-0.25, -0.2) is 5.43 Å². The Morgan fingerprint density at radius 1 is 1.12 bits per heavy atom. The number of carbonyl (C=O) groups excluding carboxylic acids is 1. The molecule has 4 nitrogen and oxygen atoms in total. The second-order valence-corrected chi connectivity index (χ2v) is 6.32. The zero-order chi connectivity index (χ0) is 17.9. The minimum absolute atomic E-state index is 0.0286. The normalized spacial score (nSPS) is 11.7. The highest BCUT2D eigenvalue weighted by Crippen LogP contribution is 2.32. The number of benzene rings is 2. The van der Waals surface area contributed by atoms with Gasteiger partial charge < -0.3 is 5.11 Å². The van der Waals surface area contributed by atoms with Gasteiger partial charge in [-0.2, -0.15) is 18.3 Å². The molecular formula is C15H9Br2F3N2O2. The van der Waals surface area contributed by atoms with Gasteiger partial charge in [0.1, 0.15) is 5.75 Å². The van der Waals surface area contributed by atoms with E-state index in [-0.39, 0.29) is 11.3 Å². The first kappa shape index (κ1) is 18.5. The maximum atomic E-state index is 12.5. The molecule has 0 aromatic heterocycles. The number of amides is 1. The summed E-state index contributed by atoms with van der Waals surface area (Å²) >= 11 is 6.31. The summed E-state index contributed by atoms with van der Waals surface area (Å²) in [6.45, 7) is 0. The fourth-order valence-corrected chi connectivity index (χ4v) is 2.92. The lowest BCUT2D eigenvalue weighted by Gasteiger charge is -2.06. The standard InChI is InChI=1S/C15H9Br2F3N2O2/c16-11-5-8(6-12(17)13(11)23)7-21-22-14(24)9-1-3-10(4-2-9)15(18,19)20/h1-7,23H,(H,22,24).